The number of carbonyl (C=O) groups excluding carboxylic acids is 2. The number of likely N-dealkylation sites (N-methyl/N-ethyl adjacent to an activating group) is 1. The zero-order valence-corrected chi connectivity index (χ0v) is 28.2. The third-order valence-electron chi connectivity index (χ3n) is 8.74. The van der Waals surface area contributed by atoms with Gasteiger partial charge in [0.15, 0.2) is 0 Å². The minimum Gasteiger partial charge on any atom is -0.497 e. The number of aliphatic hydroxyl groups is 1. The van der Waals surface area contributed by atoms with Gasteiger partial charge in [0, 0.05) is 54.9 Å². The van der Waals surface area contributed by atoms with Gasteiger partial charge in [-0.3, -0.25) is 9.59 Å². The fourth-order valence-corrected chi connectivity index (χ4v) is 7.13. The zero-order valence-electron chi connectivity index (χ0n) is 27.3. The van der Waals surface area contributed by atoms with Crippen molar-refractivity contribution in [2.75, 3.05) is 39.2 Å². The molecule has 47 heavy (non-hydrogen) atoms. The number of fused-ring (bicyclic) bond motifs is 2. The Balaban J connectivity index is 1.40. The van der Waals surface area contributed by atoms with E-state index in [1.165, 1.54) is 30.6 Å². The number of benzene rings is 3. The van der Waals surface area contributed by atoms with Crippen LogP contribution in [0.4, 0.5) is 5.69 Å². The quantitative estimate of drug-likeness (QED) is 0.264. The molecule has 0 saturated carbocycles. The van der Waals surface area contributed by atoms with Crippen LogP contribution < -0.4 is 14.8 Å². The third kappa shape index (κ3) is 7.45. The highest BCUT2D eigenvalue weighted by molar-refractivity contribution is 7.89. The zero-order chi connectivity index (χ0) is 33.9. The molecule has 1 aromatic heterocycles. The summed E-state index contributed by atoms with van der Waals surface area (Å²) < 4.78 is 41.9. The van der Waals surface area contributed by atoms with E-state index in [-0.39, 0.29) is 55.2 Å². The largest absolute Gasteiger partial charge is 0.497 e. The third-order valence-corrected chi connectivity index (χ3v) is 10.6. The van der Waals surface area contributed by atoms with E-state index >= 15 is 0 Å². The Morgan fingerprint density at radius 2 is 1.87 bits per heavy atom. The number of aromatic nitrogens is 1. The fraction of sp³-hybridized carbons (Fsp3) is 0.371. The number of para-hydroxylation sites is 1. The van der Waals surface area contributed by atoms with Crippen molar-refractivity contribution in [3.05, 3.63) is 84.1 Å². The predicted molar refractivity (Wildman–Crippen MR) is 180 cm³/mol. The number of sulfonamides is 1. The van der Waals surface area contributed by atoms with Crippen molar-refractivity contribution >= 4 is 38.4 Å². The van der Waals surface area contributed by atoms with E-state index in [0.29, 0.717) is 22.7 Å². The molecule has 1 aliphatic rings. The number of hydrogen-bond donors (Lipinski definition) is 2. The van der Waals surface area contributed by atoms with Crippen molar-refractivity contribution in [2.45, 2.75) is 43.7 Å². The van der Waals surface area contributed by atoms with Gasteiger partial charge in [-0.05, 0) is 61.0 Å². The smallest absolute Gasteiger partial charge is 0.242 e. The summed E-state index contributed by atoms with van der Waals surface area (Å²) in [6, 6.07) is 18.8. The highest BCUT2D eigenvalue weighted by Crippen LogP contribution is 2.30. The first-order chi connectivity index (χ1) is 22.4. The standard InChI is InChI=1S/C35H42N4O7S/c1-23-19-39(24(2)22-40)35(42)18-25-16-27(36-34(41)17-26-20-37(3)31-9-7-6-8-30(26)31)10-15-32(25)46-33(23)21-38(4)47(43,44)29-13-11-28(45-5)12-14-29/h6-16,20,23-24,33,40H,17-19,21-22H2,1-5H3,(H,36,41)/t23-,24+,33-/m0/s1. The Labute approximate surface area is 275 Å². The lowest BCUT2D eigenvalue weighted by Gasteiger charge is -2.33. The summed E-state index contributed by atoms with van der Waals surface area (Å²) in [6.45, 7) is 3.70. The van der Waals surface area contributed by atoms with Gasteiger partial charge in [-0.1, -0.05) is 25.1 Å². The number of carbonyl (C=O) groups is 2. The maximum atomic E-state index is 13.6. The van der Waals surface area contributed by atoms with Crippen molar-refractivity contribution in [3.8, 4) is 11.5 Å². The van der Waals surface area contributed by atoms with Crippen LogP contribution in [0.5, 0.6) is 11.5 Å². The van der Waals surface area contributed by atoms with Crippen LogP contribution >= 0.6 is 0 Å². The fourth-order valence-electron chi connectivity index (χ4n) is 5.95. The van der Waals surface area contributed by atoms with Crippen molar-refractivity contribution < 1.29 is 32.6 Å². The molecule has 0 saturated heterocycles. The molecule has 2 N–H and O–H groups in total. The molecule has 5 rings (SSSR count). The van der Waals surface area contributed by atoms with Crippen molar-refractivity contribution in [1.82, 2.24) is 13.8 Å². The van der Waals surface area contributed by atoms with E-state index in [4.69, 9.17) is 9.47 Å². The van der Waals surface area contributed by atoms with Gasteiger partial charge in [0.05, 0.1) is 44.0 Å². The summed E-state index contributed by atoms with van der Waals surface area (Å²) in [5, 5.41) is 13.9. The van der Waals surface area contributed by atoms with Crippen LogP contribution in [0.3, 0.4) is 0 Å². The second-order valence-corrected chi connectivity index (χ2v) is 14.2. The van der Waals surface area contributed by atoms with Crippen LogP contribution in [0.1, 0.15) is 25.0 Å². The Kier molecular flexibility index (Phi) is 10.2. The van der Waals surface area contributed by atoms with Gasteiger partial charge in [-0.25, -0.2) is 8.42 Å². The molecule has 2 amide bonds. The number of anilines is 1. The van der Waals surface area contributed by atoms with E-state index in [1.807, 2.05) is 49.0 Å². The maximum Gasteiger partial charge on any atom is 0.242 e. The van der Waals surface area contributed by atoms with Gasteiger partial charge >= 0.3 is 0 Å². The molecule has 0 spiro atoms. The average molecular weight is 663 g/mol. The van der Waals surface area contributed by atoms with E-state index in [9.17, 15) is 23.1 Å². The number of amides is 2. The molecule has 4 aromatic rings. The number of nitrogens with zero attached hydrogens (tertiary/aromatic N) is 3. The first kappa shape index (κ1) is 34.0. The lowest BCUT2D eigenvalue weighted by molar-refractivity contribution is -0.134. The first-order valence-corrected chi connectivity index (χ1v) is 17.0. The Morgan fingerprint density at radius 1 is 1.15 bits per heavy atom. The molecular formula is C35H42N4O7S. The van der Waals surface area contributed by atoms with Crippen molar-refractivity contribution in [3.63, 3.8) is 0 Å². The van der Waals surface area contributed by atoms with Crippen LogP contribution in [0.25, 0.3) is 10.9 Å². The molecular weight excluding hydrogens is 620 g/mol. The molecule has 0 radical (unpaired) electrons. The van der Waals surface area contributed by atoms with Crippen LogP contribution in [0.15, 0.2) is 77.8 Å². The van der Waals surface area contributed by atoms with E-state index in [1.54, 1.807) is 42.2 Å². The SMILES string of the molecule is COc1ccc(S(=O)(=O)N(C)C[C@@H]2Oc3ccc(NC(=O)Cc4cn(C)c5ccccc45)cc3CC(=O)N([C@H](C)CO)C[C@@H]2C)cc1. The van der Waals surface area contributed by atoms with Gasteiger partial charge in [0.1, 0.15) is 17.6 Å². The van der Waals surface area contributed by atoms with Crippen LogP contribution in [-0.2, 0) is 39.5 Å². The molecule has 12 heteroatoms. The van der Waals surface area contributed by atoms with Gasteiger partial charge in [0.2, 0.25) is 21.8 Å². The van der Waals surface area contributed by atoms with E-state index in [2.05, 4.69) is 5.32 Å². The van der Waals surface area contributed by atoms with Crippen LogP contribution in [0, 0.1) is 5.92 Å². The van der Waals surface area contributed by atoms with Crippen molar-refractivity contribution in [1.29, 1.82) is 0 Å². The number of aliphatic hydroxyl groups excluding tert-OH is 1. The topological polar surface area (TPSA) is 130 Å². The molecule has 0 bridgehead atoms. The van der Waals surface area contributed by atoms with Gasteiger partial charge < -0.3 is 29.4 Å². The molecule has 2 heterocycles. The molecule has 3 atom stereocenters. The number of hydrogen-bond acceptors (Lipinski definition) is 7. The summed E-state index contributed by atoms with van der Waals surface area (Å²) >= 11 is 0. The minimum absolute atomic E-state index is 0.00796. The Hall–Kier alpha value is -4.39. The molecule has 1 aliphatic heterocycles. The van der Waals surface area contributed by atoms with E-state index < -0.39 is 22.2 Å². The number of rotatable bonds is 10. The van der Waals surface area contributed by atoms with Gasteiger partial charge in [-0.15, -0.1) is 0 Å². The molecule has 11 nitrogen and oxygen atoms in total. The second kappa shape index (κ2) is 14.2. The molecule has 0 fully saturated rings. The number of methoxy groups -OCH3 is 1. The first-order valence-electron chi connectivity index (χ1n) is 15.5. The van der Waals surface area contributed by atoms with Gasteiger partial charge in [-0.2, -0.15) is 4.31 Å². The lowest BCUT2D eigenvalue weighted by Crippen LogP contribution is -2.48. The summed E-state index contributed by atoms with van der Waals surface area (Å²) in [6.07, 6.45) is 1.46. The van der Waals surface area contributed by atoms with E-state index in [0.717, 1.165) is 16.5 Å². The van der Waals surface area contributed by atoms with Gasteiger partial charge in [0.25, 0.3) is 0 Å². The van der Waals surface area contributed by atoms with Crippen molar-refractivity contribution in [2.24, 2.45) is 13.0 Å². The highest BCUT2D eigenvalue weighted by Gasteiger charge is 2.33. The Bertz CT molecular complexity index is 1860. The number of aryl methyl sites for hydroxylation is 1. The summed E-state index contributed by atoms with van der Waals surface area (Å²) in [7, 11) is 1.08. The molecule has 0 unspecified atom stereocenters. The molecule has 3 aromatic carbocycles. The van der Waals surface area contributed by atoms with Crippen LogP contribution in [-0.4, -0.2) is 85.1 Å². The number of nitrogens with one attached hydrogen (secondary N) is 1. The molecule has 0 aliphatic carbocycles. The van der Waals surface area contributed by atoms with Crippen LogP contribution in [0.2, 0.25) is 0 Å². The minimum atomic E-state index is -3.87. The number of ether oxygens (including phenoxy) is 2. The normalized spacial score (nSPS) is 17.8. The maximum absolute atomic E-state index is 13.6. The lowest BCUT2D eigenvalue weighted by atomic mass is 10.0. The summed E-state index contributed by atoms with van der Waals surface area (Å²) in [5.74, 6) is 0.262. The Morgan fingerprint density at radius 3 is 2.57 bits per heavy atom. The second-order valence-electron chi connectivity index (χ2n) is 12.2. The highest BCUT2D eigenvalue weighted by atomic mass is 32.2. The molecule has 250 valence electrons. The average Bonchev–Trinajstić information content (AvgIpc) is 3.39. The summed E-state index contributed by atoms with van der Waals surface area (Å²) in [4.78, 5) is 28.5. The monoisotopic (exact) mass is 662 g/mol. The predicted octanol–water partition coefficient (Wildman–Crippen LogP) is 3.84. The summed E-state index contributed by atoms with van der Waals surface area (Å²) in [5.41, 5.74) is 3.00.